The van der Waals surface area contributed by atoms with Gasteiger partial charge in [0.05, 0.1) is 5.69 Å². The molecule has 0 fully saturated rings. The fraction of sp³-hybridized carbons (Fsp3) is 0.480. The van der Waals surface area contributed by atoms with Crippen molar-refractivity contribution in [2.45, 2.75) is 78.6 Å². The van der Waals surface area contributed by atoms with E-state index in [2.05, 4.69) is 86.6 Å². The Bertz CT molecular complexity index is 840. The van der Waals surface area contributed by atoms with Gasteiger partial charge in [-0.25, -0.2) is 0 Å². The van der Waals surface area contributed by atoms with E-state index in [4.69, 9.17) is 4.99 Å². The van der Waals surface area contributed by atoms with Crippen LogP contribution < -0.4 is 0 Å². The summed E-state index contributed by atoms with van der Waals surface area (Å²) in [6.45, 7) is 19.5. The Morgan fingerprint density at radius 3 is 1.81 bits per heavy atom. The summed E-state index contributed by atoms with van der Waals surface area (Å²) >= 11 is 0. The predicted molar refractivity (Wildman–Crippen MR) is 118 cm³/mol. The Hall–Kier alpha value is -2.09. The van der Waals surface area contributed by atoms with Gasteiger partial charge >= 0.3 is 0 Å². The molecule has 0 heterocycles. The van der Waals surface area contributed by atoms with Crippen LogP contribution >= 0.6 is 0 Å². The highest BCUT2D eigenvalue weighted by Crippen LogP contribution is 2.37. The number of benzene rings is 2. The predicted octanol–water partition coefficient (Wildman–Crippen LogP) is 7.04. The second kappa shape index (κ2) is 7.14. The summed E-state index contributed by atoms with van der Waals surface area (Å²) in [6.07, 6.45) is 1.81. The molecular weight excluding hydrogens is 330 g/mol. The van der Waals surface area contributed by atoms with Gasteiger partial charge in [0.15, 0.2) is 0 Å². The van der Waals surface area contributed by atoms with E-state index in [0.29, 0.717) is 5.75 Å². The van der Waals surface area contributed by atoms with Crippen LogP contribution in [0.5, 0.6) is 5.75 Å². The first kappa shape index (κ1) is 21.2. The Morgan fingerprint density at radius 2 is 1.30 bits per heavy atom. The van der Waals surface area contributed by atoms with Gasteiger partial charge in [-0.3, -0.25) is 4.99 Å². The van der Waals surface area contributed by atoms with Gasteiger partial charge in [-0.15, -0.1) is 0 Å². The lowest BCUT2D eigenvalue weighted by molar-refractivity contribution is 0.444. The maximum absolute atomic E-state index is 10.9. The van der Waals surface area contributed by atoms with E-state index in [-0.39, 0.29) is 16.2 Å². The molecule has 2 rings (SSSR count). The van der Waals surface area contributed by atoms with Gasteiger partial charge in [0.2, 0.25) is 0 Å². The van der Waals surface area contributed by atoms with Crippen molar-refractivity contribution in [1.29, 1.82) is 0 Å². The molecule has 0 aliphatic rings. The first-order valence-corrected chi connectivity index (χ1v) is 9.73. The Labute approximate surface area is 165 Å². The molecule has 1 N–H and O–H groups in total. The summed E-state index contributed by atoms with van der Waals surface area (Å²) in [5.41, 5.74) is 4.95. The quantitative estimate of drug-likeness (QED) is 0.569. The summed E-state index contributed by atoms with van der Waals surface area (Å²) in [6, 6.07) is 12.4. The number of phenolic OH excluding ortho intramolecular Hbond substituents is 1. The molecule has 0 spiro atoms. The highest BCUT2D eigenvalue weighted by molar-refractivity contribution is 5.87. The van der Waals surface area contributed by atoms with Crippen molar-refractivity contribution in [2.24, 2.45) is 4.99 Å². The zero-order chi connectivity index (χ0) is 20.6. The lowest BCUT2D eigenvalue weighted by Crippen LogP contribution is -2.17. The van der Waals surface area contributed by atoms with Crippen molar-refractivity contribution in [2.75, 3.05) is 0 Å². The van der Waals surface area contributed by atoms with Crippen molar-refractivity contribution < 1.29 is 5.11 Å². The van der Waals surface area contributed by atoms with Crippen molar-refractivity contribution in [3.8, 4) is 5.75 Å². The van der Waals surface area contributed by atoms with Crippen LogP contribution in [0, 0.1) is 0 Å². The molecule has 0 bridgehead atoms. The molecule has 0 atom stereocenters. The topological polar surface area (TPSA) is 32.6 Å². The minimum Gasteiger partial charge on any atom is -0.507 e. The van der Waals surface area contributed by atoms with E-state index in [1.165, 1.54) is 11.1 Å². The number of aromatic hydroxyl groups is 1. The molecule has 2 nitrogen and oxygen atoms in total. The number of nitrogens with zero attached hydrogens (tertiary/aromatic N) is 1. The van der Waals surface area contributed by atoms with Gasteiger partial charge in [0, 0.05) is 17.3 Å². The molecule has 0 saturated heterocycles. The van der Waals surface area contributed by atoms with E-state index in [9.17, 15) is 5.11 Å². The lowest BCUT2D eigenvalue weighted by atomic mass is 9.79. The number of phenols is 1. The molecule has 0 radical (unpaired) electrons. The van der Waals surface area contributed by atoms with Gasteiger partial charge in [-0.1, -0.05) is 86.6 Å². The second-order valence-corrected chi connectivity index (χ2v) is 10.5. The molecule has 0 aliphatic heterocycles. The highest BCUT2D eigenvalue weighted by Gasteiger charge is 2.24. The number of aliphatic imine (C=N–C) groups is 1. The lowest BCUT2D eigenvalue weighted by Gasteiger charge is -2.27. The van der Waals surface area contributed by atoms with Gasteiger partial charge in [0.1, 0.15) is 5.75 Å². The van der Waals surface area contributed by atoms with E-state index in [0.717, 1.165) is 16.8 Å². The largest absolute Gasteiger partial charge is 0.507 e. The van der Waals surface area contributed by atoms with E-state index in [1.807, 2.05) is 18.3 Å². The van der Waals surface area contributed by atoms with Crippen molar-refractivity contribution in [1.82, 2.24) is 0 Å². The minimum absolute atomic E-state index is 0.000390. The molecule has 2 heteroatoms. The van der Waals surface area contributed by atoms with Gasteiger partial charge < -0.3 is 5.11 Å². The fourth-order valence-corrected chi connectivity index (χ4v) is 3.12. The summed E-state index contributed by atoms with van der Waals surface area (Å²) < 4.78 is 0. The van der Waals surface area contributed by atoms with Gasteiger partial charge in [-0.05, 0) is 39.5 Å². The number of hydrogen-bond acceptors (Lipinski definition) is 2. The Morgan fingerprint density at radius 1 is 0.741 bits per heavy atom. The van der Waals surface area contributed by atoms with Crippen LogP contribution in [0.2, 0.25) is 0 Å². The SMILES string of the molecule is CC(C)(C)c1cc(C=Nc2ccccc2C(C)(C)C)c(O)c(C(C)(C)C)c1. The molecule has 27 heavy (non-hydrogen) atoms. The van der Waals surface area contributed by atoms with Gasteiger partial charge in [-0.2, -0.15) is 0 Å². The monoisotopic (exact) mass is 365 g/mol. The van der Waals surface area contributed by atoms with E-state index < -0.39 is 0 Å². The second-order valence-electron chi connectivity index (χ2n) is 10.5. The number of hydrogen-bond donors (Lipinski definition) is 1. The Balaban J connectivity index is 2.62. The zero-order valence-electron chi connectivity index (χ0n) is 18.4. The number of para-hydroxylation sites is 1. The van der Waals surface area contributed by atoms with Crippen LogP contribution in [-0.2, 0) is 16.2 Å². The smallest absolute Gasteiger partial charge is 0.128 e. The average Bonchev–Trinajstić information content (AvgIpc) is 2.51. The van der Waals surface area contributed by atoms with E-state index in [1.54, 1.807) is 0 Å². The summed E-state index contributed by atoms with van der Waals surface area (Å²) in [4.78, 5) is 4.77. The van der Waals surface area contributed by atoms with E-state index >= 15 is 0 Å². The third kappa shape index (κ3) is 5.00. The van der Waals surface area contributed by atoms with Crippen molar-refractivity contribution in [3.05, 3.63) is 58.7 Å². The maximum atomic E-state index is 10.9. The molecular formula is C25H35NO. The summed E-state index contributed by atoms with van der Waals surface area (Å²) in [7, 11) is 0. The highest BCUT2D eigenvalue weighted by atomic mass is 16.3. The molecule has 0 amide bonds. The zero-order valence-corrected chi connectivity index (χ0v) is 18.4. The van der Waals surface area contributed by atoms with Crippen LogP contribution in [0.4, 0.5) is 5.69 Å². The maximum Gasteiger partial charge on any atom is 0.128 e. The van der Waals surface area contributed by atoms with Crippen LogP contribution in [0.1, 0.15) is 84.6 Å². The molecule has 0 aliphatic carbocycles. The van der Waals surface area contributed by atoms with Gasteiger partial charge in [0.25, 0.3) is 0 Å². The molecule has 2 aromatic carbocycles. The molecule has 146 valence electrons. The molecule has 2 aromatic rings. The summed E-state index contributed by atoms with van der Waals surface area (Å²) in [5, 5.41) is 10.9. The summed E-state index contributed by atoms with van der Waals surface area (Å²) in [5.74, 6) is 0.326. The average molecular weight is 366 g/mol. The van der Waals surface area contributed by atoms with Crippen LogP contribution in [-0.4, -0.2) is 11.3 Å². The molecule has 0 aromatic heterocycles. The molecule has 0 saturated carbocycles. The number of rotatable bonds is 2. The first-order valence-electron chi connectivity index (χ1n) is 9.73. The van der Waals surface area contributed by atoms with Crippen LogP contribution in [0.15, 0.2) is 41.4 Å². The van der Waals surface area contributed by atoms with Crippen molar-refractivity contribution in [3.63, 3.8) is 0 Å². The third-order valence-electron chi connectivity index (χ3n) is 4.87. The third-order valence-corrected chi connectivity index (χ3v) is 4.87. The Kier molecular flexibility index (Phi) is 5.61. The fourth-order valence-electron chi connectivity index (χ4n) is 3.12. The van der Waals surface area contributed by atoms with Crippen molar-refractivity contribution >= 4 is 11.9 Å². The first-order chi connectivity index (χ1) is 12.2. The standard InChI is InChI=1S/C25H35NO/c1-23(2,3)18-14-17(22(27)20(15-18)25(7,8)9)16-26-21-13-11-10-12-19(21)24(4,5)6/h10-16,27H,1-9H3. The van der Waals surface area contributed by atoms with Crippen LogP contribution in [0.3, 0.4) is 0 Å². The minimum atomic E-state index is -0.142. The normalized spacial score (nSPS) is 13.4. The van der Waals surface area contributed by atoms with Crippen LogP contribution in [0.25, 0.3) is 0 Å². The molecule has 0 unspecified atom stereocenters.